The number of pyridine rings is 2. The van der Waals surface area contributed by atoms with E-state index < -0.39 is 11.6 Å². The summed E-state index contributed by atoms with van der Waals surface area (Å²) in [5.41, 5.74) is 3.88. The van der Waals surface area contributed by atoms with E-state index in [4.69, 9.17) is 0 Å². The van der Waals surface area contributed by atoms with E-state index in [1.807, 2.05) is 18.5 Å². The highest BCUT2D eigenvalue weighted by Crippen LogP contribution is 2.36. The molecule has 0 atom stereocenters. The molecule has 1 aliphatic heterocycles. The molecule has 0 N–H and O–H groups in total. The molecule has 0 unspecified atom stereocenters. The minimum absolute atomic E-state index is 0.289. The fourth-order valence-electron chi connectivity index (χ4n) is 4.27. The van der Waals surface area contributed by atoms with Crippen molar-refractivity contribution < 1.29 is 8.78 Å². The van der Waals surface area contributed by atoms with E-state index in [0.29, 0.717) is 22.0 Å². The fourth-order valence-corrected chi connectivity index (χ4v) is 5.25. The zero-order valence-corrected chi connectivity index (χ0v) is 19.0. The lowest BCUT2D eigenvalue weighted by atomic mass is 10.0. The predicted molar refractivity (Wildman–Crippen MR) is 120 cm³/mol. The Kier molecular flexibility index (Phi) is 5.60. The number of hydrogen-bond donors (Lipinski definition) is 0. The number of nitriles is 1. The molecule has 0 saturated carbocycles. The van der Waals surface area contributed by atoms with Crippen molar-refractivity contribution >= 4 is 17.3 Å². The van der Waals surface area contributed by atoms with Crippen LogP contribution in [0.4, 0.5) is 8.78 Å². The monoisotopic (exact) mass is 465 g/mol. The number of aromatic nitrogens is 5. The van der Waals surface area contributed by atoms with Gasteiger partial charge in [0.05, 0.1) is 35.7 Å². The molecule has 1 aliphatic rings. The molecule has 0 bridgehead atoms. The van der Waals surface area contributed by atoms with Crippen molar-refractivity contribution in [2.24, 2.45) is 0 Å². The Morgan fingerprint density at radius 1 is 1.09 bits per heavy atom. The normalized spacial score (nSPS) is 15.2. The topological polar surface area (TPSA) is 75.0 Å². The van der Waals surface area contributed by atoms with Crippen molar-refractivity contribution in [2.45, 2.75) is 35.7 Å². The van der Waals surface area contributed by atoms with Crippen LogP contribution in [0.25, 0.3) is 16.6 Å². The summed E-state index contributed by atoms with van der Waals surface area (Å²) in [6.07, 6.45) is 8.17. The number of piperidine rings is 1. The third-order valence-corrected chi connectivity index (χ3v) is 7.05. The van der Waals surface area contributed by atoms with Gasteiger partial charge in [0.25, 0.3) is 0 Å². The van der Waals surface area contributed by atoms with Crippen molar-refractivity contribution in [3.8, 4) is 17.2 Å². The van der Waals surface area contributed by atoms with E-state index in [1.165, 1.54) is 6.20 Å². The van der Waals surface area contributed by atoms with Gasteiger partial charge in [0.15, 0.2) is 11.6 Å². The zero-order chi connectivity index (χ0) is 23.1. The maximum atomic E-state index is 13.8. The Labute approximate surface area is 193 Å². The van der Waals surface area contributed by atoms with Crippen LogP contribution < -0.4 is 0 Å². The lowest BCUT2D eigenvalue weighted by molar-refractivity contribution is 0.210. The third kappa shape index (κ3) is 3.98. The Morgan fingerprint density at radius 2 is 1.88 bits per heavy atom. The van der Waals surface area contributed by atoms with Crippen LogP contribution in [0.2, 0.25) is 0 Å². The molecule has 0 spiro atoms. The second-order valence-corrected chi connectivity index (χ2v) is 9.28. The highest BCUT2D eigenvalue weighted by atomic mass is 32.2. The molecule has 0 amide bonds. The van der Waals surface area contributed by atoms with Gasteiger partial charge in [-0.3, -0.25) is 4.68 Å². The molecule has 168 valence electrons. The second kappa shape index (κ2) is 8.57. The molecule has 4 aromatic rings. The Morgan fingerprint density at radius 3 is 2.61 bits per heavy atom. The molecule has 0 aromatic carbocycles. The van der Waals surface area contributed by atoms with Crippen LogP contribution in [0, 0.1) is 29.9 Å². The van der Waals surface area contributed by atoms with Gasteiger partial charge in [-0.05, 0) is 46.0 Å². The van der Waals surface area contributed by atoms with E-state index in [2.05, 4.69) is 44.8 Å². The summed E-state index contributed by atoms with van der Waals surface area (Å²) >= 11 is 1.16. The number of rotatable bonds is 4. The molecule has 0 radical (unpaired) electrons. The quantitative estimate of drug-likeness (QED) is 0.443. The average molecular weight is 466 g/mol. The van der Waals surface area contributed by atoms with Crippen LogP contribution in [0.1, 0.15) is 30.1 Å². The van der Waals surface area contributed by atoms with Crippen LogP contribution >= 0.6 is 11.8 Å². The molecule has 7 nitrogen and oxygen atoms in total. The average Bonchev–Trinajstić information content (AvgIpc) is 3.40. The van der Waals surface area contributed by atoms with Gasteiger partial charge < -0.3 is 4.90 Å². The Hall–Kier alpha value is -3.29. The van der Waals surface area contributed by atoms with E-state index >= 15 is 0 Å². The van der Waals surface area contributed by atoms with Crippen LogP contribution in [-0.4, -0.2) is 49.4 Å². The molecule has 33 heavy (non-hydrogen) atoms. The predicted octanol–water partition coefficient (Wildman–Crippen LogP) is 4.47. The van der Waals surface area contributed by atoms with Crippen molar-refractivity contribution in [3.63, 3.8) is 0 Å². The maximum Gasteiger partial charge on any atom is 0.177 e. The van der Waals surface area contributed by atoms with E-state index in [1.54, 1.807) is 4.52 Å². The van der Waals surface area contributed by atoms with Gasteiger partial charge in [-0.15, -0.1) is 0 Å². The van der Waals surface area contributed by atoms with Gasteiger partial charge in [0, 0.05) is 34.0 Å². The molecule has 4 aromatic heterocycles. The SMILES string of the molecule is Cc1c(-c2cc(Sc3cc(F)c(F)cn3)c3c(C#N)cnn3c2)cnn1C1CCN(C)CC1. The first-order valence-corrected chi connectivity index (χ1v) is 11.4. The molecule has 0 aliphatic carbocycles. The summed E-state index contributed by atoms with van der Waals surface area (Å²) in [6, 6.07) is 5.48. The first-order valence-electron chi connectivity index (χ1n) is 10.6. The van der Waals surface area contributed by atoms with Crippen molar-refractivity contribution in [1.82, 2.24) is 29.3 Å². The first kappa shape index (κ1) is 21.6. The van der Waals surface area contributed by atoms with E-state index in [9.17, 15) is 14.0 Å². The van der Waals surface area contributed by atoms with Gasteiger partial charge in [-0.2, -0.15) is 15.5 Å². The minimum atomic E-state index is -1.00. The molecular weight excluding hydrogens is 444 g/mol. The van der Waals surface area contributed by atoms with Crippen LogP contribution in [0.5, 0.6) is 0 Å². The number of hydrogen-bond acceptors (Lipinski definition) is 6. The number of fused-ring (bicyclic) bond motifs is 1. The number of nitrogens with zero attached hydrogens (tertiary/aromatic N) is 7. The van der Waals surface area contributed by atoms with Crippen LogP contribution in [0.3, 0.4) is 0 Å². The van der Waals surface area contributed by atoms with Crippen molar-refractivity contribution in [2.75, 3.05) is 20.1 Å². The number of likely N-dealkylation sites (tertiary alicyclic amines) is 1. The van der Waals surface area contributed by atoms with E-state index in [-0.39, 0.29) is 5.03 Å². The minimum Gasteiger partial charge on any atom is -0.306 e. The maximum absolute atomic E-state index is 13.8. The Bertz CT molecular complexity index is 1380. The molecule has 5 rings (SSSR count). The van der Waals surface area contributed by atoms with Gasteiger partial charge in [-0.1, -0.05) is 11.8 Å². The molecule has 10 heteroatoms. The summed E-state index contributed by atoms with van der Waals surface area (Å²) < 4.78 is 30.9. The molecular formula is C23H21F2N7S. The van der Waals surface area contributed by atoms with Crippen molar-refractivity contribution in [3.05, 3.63) is 59.8 Å². The summed E-state index contributed by atoms with van der Waals surface area (Å²) in [6.45, 7) is 4.13. The lowest BCUT2D eigenvalue weighted by Gasteiger charge is -2.29. The standard InChI is InChI=1S/C23H21F2N7S/c1-14-18(11-29-32(14)17-3-5-30(2)6-4-17)15-7-21(23-16(9-26)10-28-31(23)13-15)33-22-8-19(24)20(25)12-27-22/h7-8,10-13,17H,3-6H2,1-2H3. The van der Waals surface area contributed by atoms with Gasteiger partial charge in [0.1, 0.15) is 11.1 Å². The molecule has 5 heterocycles. The lowest BCUT2D eigenvalue weighted by Crippen LogP contribution is -2.32. The highest BCUT2D eigenvalue weighted by Gasteiger charge is 2.23. The van der Waals surface area contributed by atoms with E-state index in [0.717, 1.165) is 66.8 Å². The number of halogens is 2. The Balaban J connectivity index is 1.57. The fraction of sp³-hybridized carbons (Fsp3) is 0.304. The largest absolute Gasteiger partial charge is 0.306 e. The summed E-state index contributed by atoms with van der Waals surface area (Å²) in [5, 5.41) is 18.8. The van der Waals surface area contributed by atoms with Crippen molar-refractivity contribution in [1.29, 1.82) is 5.26 Å². The van der Waals surface area contributed by atoms with Gasteiger partial charge >= 0.3 is 0 Å². The van der Waals surface area contributed by atoms with Gasteiger partial charge in [-0.25, -0.2) is 18.3 Å². The summed E-state index contributed by atoms with van der Waals surface area (Å²) in [7, 11) is 2.13. The van der Waals surface area contributed by atoms with Gasteiger partial charge in [0.2, 0.25) is 0 Å². The summed E-state index contributed by atoms with van der Waals surface area (Å²) in [5.74, 6) is -1.97. The van der Waals surface area contributed by atoms with Crippen LogP contribution in [-0.2, 0) is 0 Å². The molecule has 1 fully saturated rings. The smallest absolute Gasteiger partial charge is 0.177 e. The second-order valence-electron chi connectivity index (χ2n) is 8.22. The first-order chi connectivity index (χ1) is 15.9. The molecule has 1 saturated heterocycles. The highest BCUT2D eigenvalue weighted by molar-refractivity contribution is 7.99. The zero-order valence-electron chi connectivity index (χ0n) is 18.2. The van der Waals surface area contributed by atoms with Crippen LogP contribution in [0.15, 0.2) is 46.8 Å². The summed E-state index contributed by atoms with van der Waals surface area (Å²) in [4.78, 5) is 6.98. The third-order valence-electron chi connectivity index (χ3n) is 6.08.